The Balaban J connectivity index is 1.32. The Morgan fingerprint density at radius 1 is 1.07 bits per heavy atom. The summed E-state index contributed by atoms with van der Waals surface area (Å²) in [6, 6.07) is 14.5. The van der Waals surface area contributed by atoms with Gasteiger partial charge < -0.3 is 9.42 Å². The molecule has 29 heavy (non-hydrogen) atoms. The van der Waals surface area contributed by atoms with Gasteiger partial charge in [0.2, 0.25) is 17.6 Å². The Kier molecular flexibility index (Phi) is 6.29. The maximum atomic E-state index is 12.9. The van der Waals surface area contributed by atoms with Gasteiger partial charge in [0.05, 0.1) is 0 Å². The molecule has 1 aliphatic heterocycles. The number of carbonyl (C=O) groups is 1. The van der Waals surface area contributed by atoms with Crippen LogP contribution in [0.2, 0.25) is 0 Å². The van der Waals surface area contributed by atoms with Crippen LogP contribution < -0.4 is 0 Å². The Hall–Kier alpha value is -3.02. The molecule has 1 aromatic carbocycles. The minimum Gasteiger partial charge on any atom is -0.340 e. The summed E-state index contributed by atoms with van der Waals surface area (Å²) in [5.74, 6) is 1.22. The quantitative estimate of drug-likeness (QED) is 0.608. The van der Waals surface area contributed by atoms with Crippen molar-refractivity contribution in [2.24, 2.45) is 0 Å². The maximum absolute atomic E-state index is 12.9. The first-order valence-corrected chi connectivity index (χ1v) is 10.4. The number of nitrogens with zero attached hydrogens (tertiary/aromatic N) is 4. The van der Waals surface area contributed by atoms with Crippen LogP contribution in [0.25, 0.3) is 11.4 Å². The van der Waals surface area contributed by atoms with Crippen molar-refractivity contribution in [3.63, 3.8) is 0 Å². The fourth-order valence-corrected chi connectivity index (χ4v) is 3.94. The third-order valence-electron chi connectivity index (χ3n) is 5.52. The minimum absolute atomic E-state index is 0.187. The van der Waals surface area contributed by atoms with E-state index < -0.39 is 0 Å². The van der Waals surface area contributed by atoms with Gasteiger partial charge in [0, 0.05) is 43.4 Å². The number of piperidine rings is 1. The van der Waals surface area contributed by atoms with Crippen LogP contribution in [0.1, 0.15) is 43.6 Å². The van der Waals surface area contributed by atoms with Crippen LogP contribution >= 0.6 is 0 Å². The summed E-state index contributed by atoms with van der Waals surface area (Å²) in [5.41, 5.74) is 2.19. The van der Waals surface area contributed by atoms with Gasteiger partial charge in [-0.2, -0.15) is 4.98 Å². The van der Waals surface area contributed by atoms with Gasteiger partial charge in [-0.15, -0.1) is 0 Å². The molecule has 3 heterocycles. The van der Waals surface area contributed by atoms with Gasteiger partial charge in [-0.1, -0.05) is 35.5 Å². The first-order chi connectivity index (χ1) is 14.3. The molecule has 3 aromatic rings. The number of likely N-dealkylation sites (tertiary alicyclic amines) is 1. The standard InChI is InChI=1S/C23H26N4O2/c28-22(12-11-21-25-23(26-29-21)19-13-15-24-16-14-19)27-17-5-4-8-20(27)10-9-18-6-2-1-3-7-18/h1-3,6-7,13-16,20H,4-5,8-12,17H2/t20-/m0/s1. The van der Waals surface area contributed by atoms with Crippen LogP contribution in [0.15, 0.2) is 59.4 Å². The molecule has 1 atom stereocenters. The Bertz CT molecular complexity index is 911. The molecule has 6 nitrogen and oxygen atoms in total. The topological polar surface area (TPSA) is 72.1 Å². The van der Waals surface area contributed by atoms with Gasteiger partial charge in [-0.25, -0.2) is 0 Å². The molecule has 0 bridgehead atoms. The average Bonchev–Trinajstić information content (AvgIpc) is 3.27. The van der Waals surface area contributed by atoms with Gasteiger partial charge in [0.15, 0.2) is 0 Å². The number of benzene rings is 1. The number of carbonyl (C=O) groups excluding carboxylic acids is 1. The van der Waals surface area contributed by atoms with Crippen molar-refractivity contribution >= 4 is 5.91 Å². The molecule has 150 valence electrons. The van der Waals surface area contributed by atoms with Crippen molar-refractivity contribution in [1.82, 2.24) is 20.0 Å². The first kappa shape index (κ1) is 19.3. The van der Waals surface area contributed by atoms with E-state index in [-0.39, 0.29) is 5.91 Å². The Morgan fingerprint density at radius 2 is 1.90 bits per heavy atom. The van der Waals surface area contributed by atoms with Crippen molar-refractivity contribution in [1.29, 1.82) is 0 Å². The van der Waals surface area contributed by atoms with Crippen molar-refractivity contribution in [2.45, 2.75) is 51.0 Å². The normalized spacial score (nSPS) is 16.7. The third kappa shape index (κ3) is 5.08. The third-order valence-corrected chi connectivity index (χ3v) is 5.52. The van der Waals surface area contributed by atoms with E-state index in [9.17, 15) is 4.79 Å². The van der Waals surface area contributed by atoms with Crippen LogP contribution in [0.5, 0.6) is 0 Å². The highest BCUT2D eigenvalue weighted by Gasteiger charge is 2.26. The summed E-state index contributed by atoms with van der Waals surface area (Å²) in [5, 5.41) is 4.02. The van der Waals surface area contributed by atoms with Gasteiger partial charge >= 0.3 is 0 Å². The zero-order valence-electron chi connectivity index (χ0n) is 16.5. The predicted molar refractivity (Wildman–Crippen MR) is 110 cm³/mol. The lowest BCUT2D eigenvalue weighted by Gasteiger charge is -2.36. The number of aryl methyl sites for hydroxylation is 2. The van der Waals surface area contributed by atoms with E-state index in [0.717, 1.165) is 37.8 Å². The van der Waals surface area contributed by atoms with E-state index >= 15 is 0 Å². The number of hydrogen-bond donors (Lipinski definition) is 0. The van der Waals surface area contributed by atoms with E-state index in [4.69, 9.17) is 4.52 Å². The minimum atomic E-state index is 0.187. The molecule has 0 aliphatic carbocycles. The summed E-state index contributed by atoms with van der Waals surface area (Å²) in [4.78, 5) is 23.4. The van der Waals surface area contributed by atoms with Crippen LogP contribution in [0.4, 0.5) is 0 Å². The SMILES string of the molecule is O=C(CCc1nc(-c2ccncc2)no1)N1CCCC[C@H]1CCc1ccccc1. The lowest BCUT2D eigenvalue weighted by molar-refractivity contribution is -0.135. The van der Waals surface area contributed by atoms with Crippen molar-refractivity contribution in [3.05, 3.63) is 66.3 Å². The molecule has 1 saturated heterocycles. The average molecular weight is 390 g/mol. The Labute approximate surface area is 171 Å². The zero-order valence-corrected chi connectivity index (χ0v) is 16.5. The molecule has 6 heteroatoms. The number of aromatic nitrogens is 3. The molecule has 0 N–H and O–H groups in total. The van der Waals surface area contributed by atoms with Crippen molar-refractivity contribution in [3.8, 4) is 11.4 Å². The number of amides is 1. The molecule has 2 aromatic heterocycles. The molecule has 4 rings (SSSR count). The predicted octanol–water partition coefficient (Wildman–Crippen LogP) is 4.08. The van der Waals surface area contributed by atoms with Gasteiger partial charge in [-0.05, 0) is 49.8 Å². The monoisotopic (exact) mass is 390 g/mol. The van der Waals surface area contributed by atoms with Crippen LogP contribution in [-0.4, -0.2) is 38.5 Å². The summed E-state index contributed by atoms with van der Waals surface area (Å²) in [6.45, 7) is 0.852. The summed E-state index contributed by atoms with van der Waals surface area (Å²) >= 11 is 0. The first-order valence-electron chi connectivity index (χ1n) is 10.4. The van der Waals surface area contributed by atoms with E-state index in [1.54, 1.807) is 12.4 Å². The second-order valence-corrected chi connectivity index (χ2v) is 7.51. The van der Waals surface area contributed by atoms with E-state index in [1.165, 1.54) is 12.0 Å². The number of hydrogen-bond acceptors (Lipinski definition) is 5. The van der Waals surface area contributed by atoms with Gasteiger partial charge in [-0.3, -0.25) is 9.78 Å². The molecule has 0 unspecified atom stereocenters. The van der Waals surface area contributed by atoms with Crippen LogP contribution in [-0.2, 0) is 17.6 Å². The molecule has 1 amide bonds. The molecule has 1 fully saturated rings. The summed E-state index contributed by atoms with van der Waals surface area (Å²) < 4.78 is 5.34. The summed E-state index contributed by atoms with van der Waals surface area (Å²) in [6.07, 6.45) is 9.66. The molecule has 1 aliphatic rings. The second-order valence-electron chi connectivity index (χ2n) is 7.51. The fraction of sp³-hybridized carbons (Fsp3) is 0.391. The molecule has 0 radical (unpaired) electrons. The highest BCUT2D eigenvalue weighted by atomic mass is 16.5. The fourth-order valence-electron chi connectivity index (χ4n) is 3.94. The van der Waals surface area contributed by atoms with Crippen LogP contribution in [0.3, 0.4) is 0 Å². The van der Waals surface area contributed by atoms with Crippen molar-refractivity contribution < 1.29 is 9.32 Å². The second kappa shape index (κ2) is 9.45. The highest BCUT2D eigenvalue weighted by molar-refractivity contribution is 5.76. The molecular formula is C23H26N4O2. The largest absolute Gasteiger partial charge is 0.340 e. The zero-order chi connectivity index (χ0) is 19.9. The lowest BCUT2D eigenvalue weighted by atomic mass is 9.95. The smallest absolute Gasteiger partial charge is 0.227 e. The van der Waals surface area contributed by atoms with E-state index in [0.29, 0.717) is 30.6 Å². The Morgan fingerprint density at radius 3 is 2.72 bits per heavy atom. The summed E-state index contributed by atoms with van der Waals surface area (Å²) in [7, 11) is 0. The maximum Gasteiger partial charge on any atom is 0.227 e. The lowest BCUT2D eigenvalue weighted by Crippen LogP contribution is -2.44. The number of rotatable bonds is 7. The van der Waals surface area contributed by atoms with Crippen molar-refractivity contribution in [2.75, 3.05) is 6.54 Å². The van der Waals surface area contributed by atoms with E-state index in [2.05, 4.69) is 44.3 Å². The molecular weight excluding hydrogens is 364 g/mol. The van der Waals surface area contributed by atoms with E-state index in [1.807, 2.05) is 18.2 Å². The van der Waals surface area contributed by atoms with Gasteiger partial charge in [0.25, 0.3) is 0 Å². The van der Waals surface area contributed by atoms with Gasteiger partial charge in [0.1, 0.15) is 0 Å². The molecule has 0 saturated carbocycles. The van der Waals surface area contributed by atoms with Crippen LogP contribution in [0, 0.1) is 0 Å². The molecule has 0 spiro atoms. The number of pyridine rings is 1. The highest BCUT2D eigenvalue weighted by Crippen LogP contribution is 2.23.